The van der Waals surface area contributed by atoms with E-state index in [-0.39, 0.29) is 5.56 Å². The minimum Gasteiger partial charge on any atom is -0.494 e. The normalized spacial score (nSPS) is 11.3. The van der Waals surface area contributed by atoms with Gasteiger partial charge in [0.1, 0.15) is 5.75 Å². The Morgan fingerprint density at radius 3 is 2.42 bits per heavy atom. The van der Waals surface area contributed by atoms with Gasteiger partial charge in [-0.15, -0.1) is 0 Å². The molecule has 19 heavy (non-hydrogen) atoms. The molecular formula is C14H19F3OSi. The van der Waals surface area contributed by atoms with Crippen molar-refractivity contribution in [2.45, 2.75) is 32.1 Å². The Labute approximate surface area is 113 Å². The first-order valence-electron chi connectivity index (χ1n) is 6.23. The van der Waals surface area contributed by atoms with Gasteiger partial charge in [0.05, 0.1) is 6.61 Å². The summed E-state index contributed by atoms with van der Waals surface area (Å²) in [6, 6.07) is 6.87. The second-order valence-corrected chi connectivity index (χ2v) is 11.2. The summed E-state index contributed by atoms with van der Waals surface area (Å²) in [5.74, 6) is -1.07. The molecule has 0 unspecified atom stereocenters. The predicted molar refractivity (Wildman–Crippen MR) is 75.0 cm³/mol. The molecule has 0 aliphatic rings. The summed E-state index contributed by atoms with van der Waals surface area (Å²) in [6.45, 7) is 7.35. The maximum atomic E-state index is 13.1. The van der Waals surface area contributed by atoms with E-state index in [0.717, 1.165) is 12.5 Å². The largest absolute Gasteiger partial charge is 0.494 e. The molecule has 0 heterocycles. The quantitative estimate of drug-likeness (QED) is 0.508. The molecule has 0 atom stereocenters. The van der Waals surface area contributed by atoms with E-state index in [1.165, 1.54) is 18.2 Å². The third kappa shape index (κ3) is 5.96. The number of halogens is 3. The van der Waals surface area contributed by atoms with Gasteiger partial charge < -0.3 is 4.74 Å². The van der Waals surface area contributed by atoms with Crippen LogP contribution in [0.1, 0.15) is 12.0 Å². The number of benzene rings is 1. The van der Waals surface area contributed by atoms with Crippen LogP contribution in [0, 0.1) is 0 Å². The Hall–Kier alpha value is -1.23. The van der Waals surface area contributed by atoms with Crippen LogP contribution < -0.4 is 4.74 Å². The zero-order valence-corrected chi connectivity index (χ0v) is 12.5. The van der Waals surface area contributed by atoms with Gasteiger partial charge in [-0.05, 0) is 18.6 Å². The van der Waals surface area contributed by atoms with Crippen molar-refractivity contribution in [3.8, 4) is 5.75 Å². The highest BCUT2D eigenvalue weighted by Crippen LogP contribution is 2.25. The molecule has 0 bridgehead atoms. The third-order valence-corrected chi connectivity index (χ3v) is 4.45. The maximum Gasteiger partial charge on any atom is 0.306 e. The lowest BCUT2D eigenvalue weighted by Crippen LogP contribution is -2.19. The number of ether oxygens (including phenoxy) is 1. The zero-order valence-electron chi connectivity index (χ0n) is 11.5. The minimum atomic E-state index is -2.31. The molecule has 0 aromatic heterocycles. The SMILES string of the molecule is C[Si](C)(C)CCCOc1cccc(C(F)=C(F)F)c1. The third-order valence-electron chi connectivity index (χ3n) is 2.59. The van der Waals surface area contributed by atoms with Crippen molar-refractivity contribution in [3.05, 3.63) is 35.9 Å². The van der Waals surface area contributed by atoms with Crippen LogP contribution in [0.3, 0.4) is 0 Å². The van der Waals surface area contributed by atoms with Crippen molar-refractivity contribution < 1.29 is 17.9 Å². The Bertz CT molecular complexity index is 448. The fourth-order valence-electron chi connectivity index (χ4n) is 1.62. The Morgan fingerprint density at radius 1 is 1.16 bits per heavy atom. The smallest absolute Gasteiger partial charge is 0.306 e. The average Bonchev–Trinajstić information content (AvgIpc) is 2.33. The molecule has 0 amide bonds. The highest BCUT2D eigenvalue weighted by atomic mass is 28.3. The fraction of sp³-hybridized carbons (Fsp3) is 0.429. The van der Waals surface area contributed by atoms with Crippen LogP contribution >= 0.6 is 0 Å². The van der Waals surface area contributed by atoms with Crippen molar-refractivity contribution in [2.24, 2.45) is 0 Å². The summed E-state index contributed by atoms with van der Waals surface area (Å²) in [7, 11) is -1.09. The molecule has 0 N–H and O–H groups in total. The van der Waals surface area contributed by atoms with E-state index in [4.69, 9.17) is 4.74 Å². The molecule has 0 radical (unpaired) electrons. The molecule has 0 saturated carbocycles. The molecule has 0 aliphatic carbocycles. The van der Waals surface area contributed by atoms with Gasteiger partial charge in [-0.3, -0.25) is 0 Å². The molecule has 0 fully saturated rings. The topological polar surface area (TPSA) is 9.23 Å². The van der Waals surface area contributed by atoms with E-state index in [9.17, 15) is 13.2 Å². The summed E-state index contributed by atoms with van der Waals surface area (Å²) >= 11 is 0. The first-order valence-corrected chi connectivity index (χ1v) is 9.94. The van der Waals surface area contributed by atoms with Gasteiger partial charge in [0.25, 0.3) is 0 Å². The summed E-state index contributed by atoms with van der Waals surface area (Å²) in [5.41, 5.74) is -0.150. The Balaban J connectivity index is 2.57. The number of hydrogen-bond acceptors (Lipinski definition) is 1. The zero-order chi connectivity index (χ0) is 14.5. The van der Waals surface area contributed by atoms with E-state index in [1.54, 1.807) is 6.07 Å². The van der Waals surface area contributed by atoms with Gasteiger partial charge in [0.15, 0.2) is 5.83 Å². The van der Waals surface area contributed by atoms with E-state index in [0.29, 0.717) is 12.4 Å². The first kappa shape index (κ1) is 15.8. The van der Waals surface area contributed by atoms with E-state index >= 15 is 0 Å². The molecule has 106 valence electrons. The van der Waals surface area contributed by atoms with Crippen LogP contribution in [0.25, 0.3) is 5.83 Å². The molecule has 0 aliphatic heterocycles. The van der Waals surface area contributed by atoms with Crippen LogP contribution in [0.15, 0.2) is 30.3 Å². The van der Waals surface area contributed by atoms with E-state index in [1.807, 2.05) is 0 Å². The Kier molecular flexibility index (Phi) is 5.66. The molecule has 1 aromatic rings. The van der Waals surface area contributed by atoms with Crippen LogP contribution in [0.5, 0.6) is 5.75 Å². The van der Waals surface area contributed by atoms with Crippen molar-refractivity contribution in [2.75, 3.05) is 6.61 Å². The standard InChI is InChI=1S/C14H19F3OSi/c1-19(2,3)9-5-8-18-12-7-4-6-11(10-12)13(15)14(16)17/h4,6-7,10H,5,8-9H2,1-3H3. The van der Waals surface area contributed by atoms with Crippen LogP contribution in [-0.4, -0.2) is 14.7 Å². The highest BCUT2D eigenvalue weighted by molar-refractivity contribution is 6.76. The lowest BCUT2D eigenvalue weighted by atomic mass is 10.2. The predicted octanol–water partition coefficient (Wildman–Crippen LogP) is 5.33. The monoisotopic (exact) mass is 288 g/mol. The minimum absolute atomic E-state index is 0.150. The van der Waals surface area contributed by atoms with Gasteiger partial charge in [-0.2, -0.15) is 8.78 Å². The van der Waals surface area contributed by atoms with Crippen LogP contribution in [-0.2, 0) is 0 Å². The highest BCUT2D eigenvalue weighted by Gasteiger charge is 2.12. The van der Waals surface area contributed by atoms with Crippen molar-refractivity contribution in [3.63, 3.8) is 0 Å². The maximum absolute atomic E-state index is 13.1. The van der Waals surface area contributed by atoms with Gasteiger partial charge in [-0.1, -0.05) is 37.8 Å². The molecule has 1 rings (SSSR count). The van der Waals surface area contributed by atoms with E-state index < -0.39 is 20.0 Å². The number of rotatable bonds is 6. The average molecular weight is 288 g/mol. The first-order chi connectivity index (χ1) is 8.79. The molecule has 1 aromatic carbocycles. The molecule has 5 heteroatoms. The van der Waals surface area contributed by atoms with Gasteiger partial charge in [-0.25, -0.2) is 4.39 Å². The lowest BCUT2D eigenvalue weighted by Gasteiger charge is -2.15. The molecular weight excluding hydrogens is 269 g/mol. The summed E-state index contributed by atoms with van der Waals surface area (Å²) < 4.78 is 42.8. The van der Waals surface area contributed by atoms with Gasteiger partial charge in [0, 0.05) is 13.6 Å². The second kappa shape index (κ2) is 6.80. The van der Waals surface area contributed by atoms with Crippen molar-refractivity contribution >= 4 is 13.9 Å². The second-order valence-electron chi connectivity index (χ2n) is 5.61. The summed E-state index contributed by atoms with van der Waals surface area (Å²) in [6.07, 6.45) is -1.38. The molecule has 0 saturated heterocycles. The number of hydrogen-bond donors (Lipinski definition) is 0. The Morgan fingerprint density at radius 2 is 1.84 bits per heavy atom. The van der Waals surface area contributed by atoms with Gasteiger partial charge >= 0.3 is 6.08 Å². The van der Waals surface area contributed by atoms with Crippen molar-refractivity contribution in [1.82, 2.24) is 0 Å². The summed E-state index contributed by atoms with van der Waals surface area (Å²) in [4.78, 5) is 0. The van der Waals surface area contributed by atoms with Crippen molar-refractivity contribution in [1.29, 1.82) is 0 Å². The fourth-order valence-corrected chi connectivity index (χ4v) is 2.83. The lowest BCUT2D eigenvalue weighted by molar-refractivity contribution is 0.316. The molecule has 1 nitrogen and oxygen atoms in total. The van der Waals surface area contributed by atoms with Crippen LogP contribution in [0.4, 0.5) is 13.2 Å². The summed E-state index contributed by atoms with van der Waals surface area (Å²) in [5, 5.41) is 0. The van der Waals surface area contributed by atoms with Crippen LogP contribution in [0.2, 0.25) is 25.7 Å². The van der Waals surface area contributed by atoms with E-state index in [2.05, 4.69) is 19.6 Å². The molecule has 0 spiro atoms. The van der Waals surface area contributed by atoms with Gasteiger partial charge in [0.2, 0.25) is 0 Å².